The molecule has 5 nitrogen and oxygen atoms in total. The molecule has 4 aromatic rings. The van der Waals surface area contributed by atoms with Gasteiger partial charge in [-0.05, 0) is 48.2 Å². The molecule has 0 spiro atoms. The molecular formula is C27H26ClN3O2. The zero-order valence-electron chi connectivity index (χ0n) is 18.4. The van der Waals surface area contributed by atoms with E-state index in [1.165, 1.54) is 11.1 Å². The summed E-state index contributed by atoms with van der Waals surface area (Å²) in [6.07, 6.45) is 2.51. The summed E-state index contributed by atoms with van der Waals surface area (Å²) in [4.78, 5) is 19.5. The molecule has 3 aromatic carbocycles. The Morgan fingerprint density at radius 3 is 2.06 bits per heavy atom. The van der Waals surface area contributed by atoms with Crippen LogP contribution in [0.5, 0.6) is 0 Å². The average molecular weight is 460 g/mol. The van der Waals surface area contributed by atoms with Crippen molar-refractivity contribution in [1.82, 2.24) is 15.0 Å². The molecule has 0 saturated heterocycles. The summed E-state index contributed by atoms with van der Waals surface area (Å²) in [5, 5.41) is 4.73. The lowest BCUT2D eigenvalue weighted by atomic mass is 10.1. The van der Waals surface area contributed by atoms with E-state index >= 15 is 0 Å². The van der Waals surface area contributed by atoms with Crippen LogP contribution in [0.15, 0.2) is 89.5 Å². The maximum atomic E-state index is 13.1. The number of carbonyl (C=O) groups is 1. The van der Waals surface area contributed by atoms with E-state index in [0.717, 1.165) is 18.4 Å². The van der Waals surface area contributed by atoms with Gasteiger partial charge in [-0.2, -0.15) is 4.98 Å². The second-order valence-electron chi connectivity index (χ2n) is 7.87. The first kappa shape index (κ1) is 22.7. The van der Waals surface area contributed by atoms with Crippen molar-refractivity contribution in [1.29, 1.82) is 0 Å². The highest BCUT2D eigenvalue weighted by Gasteiger charge is 2.16. The Bertz CT molecular complexity index is 1140. The van der Waals surface area contributed by atoms with Gasteiger partial charge >= 0.3 is 0 Å². The summed E-state index contributed by atoms with van der Waals surface area (Å²) in [5.74, 6) is 1.17. The predicted octanol–water partition coefficient (Wildman–Crippen LogP) is 5.64. The number of aromatic nitrogens is 2. The van der Waals surface area contributed by atoms with E-state index in [4.69, 9.17) is 16.1 Å². The van der Waals surface area contributed by atoms with Gasteiger partial charge in [-0.15, -0.1) is 0 Å². The molecule has 0 fully saturated rings. The number of halogens is 1. The SMILES string of the molecule is O=C(CCc1ccccc1)N(CCc1ccccc1)CCc1nc(-c2ccc(Cl)cc2)no1. The van der Waals surface area contributed by atoms with Crippen LogP contribution in [0.4, 0.5) is 0 Å². The lowest BCUT2D eigenvalue weighted by molar-refractivity contribution is -0.131. The number of aryl methyl sites for hydroxylation is 1. The Morgan fingerprint density at radius 1 is 0.788 bits per heavy atom. The highest BCUT2D eigenvalue weighted by molar-refractivity contribution is 6.30. The molecule has 6 heteroatoms. The van der Waals surface area contributed by atoms with E-state index in [2.05, 4.69) is 34.4 Å². The minimum Gasteiger partial charge on any atom is -0.342 e. The molecule has 0 bridgehead atoms. The second kappa shape index (κ2) is 11.4. The van der Waals surface area contributed by atoms with Gasteiger partial charge in [0.05, 0.1) is 0 Å². The first-order valence-electron chi connectivity index (χ1n) is 11.1. The minimum atomic E-state index is 0.132. The largest absolute Gasteiger partial charge is 0.342 e. The van der Waals surface area contributed by atoms with Crippen molar-refractivity contribution in [2.24, 2.45) is 0 Å². The van der Waals surface area contributed by atoms with Crippen LogP contribution in [0.3, 0.4) is 0 Å². The Balaban J connectivity index is 1.39. The van der Waals surface area contributed by atoms with Crippen LogP contribution < -0.4 is 0 Å². The summed E-state index contributed by atoms with van der Waals surface area (Å²) in [6.45, 7) is 1.18. The van der Waals surface area contributed by atoms with Crippen molar-refractivity contribution in [3.05, 3.63) is 107 Å². The minimum absolute atomic E-state index is 0.132. The zero-order valence-corrected chi connectivity index (χ0v) is 19.1. The van der Waals surface area contributed by atoms with Crippen molar-refractivity contribution in [2.75, 3.05) is 13.1 Å². The zero-order chi connectivity index (χ0) is 22.9. The number of hydrogen-bond acceptors (Lipinski definition) is 4. The van der Waals surface area contributed by atoms with Crippen LogP contribution in [0, 0.1) is 0 Å². The van der Waals surface area contributed by atoms with E-state index in [0.29, 0.717) is 42.7 Å². The molecule has 1 amide bonds. The molecule has 168 valence electrons. The van der Waals surface area contributed by atoms with Gasteiger partial charge in [0.1, 0.15) is 0 Å². The summed E-state index contributed by atoms with van der Waals surface area (Å²) in [5.41, 5.74) is 3.22. The Hall–Kier alpha value is -3.44. The lowest BCUT2D eigenvalue weighted by Crippen LogP contribution is -2.35. The maximum Gasteiger partial charge on any atom is 0.228 e. The van der Waals surface area contributed by atoms with Crippen LogP contribution in [0.2, 0.25) is 5.02 Å². The van der Waals surface area contributed by atoms with Gasteiger partial charge in [0.15, 0.2) is 0 Å². The number of carbonyl (C=O) groups excluding carboxylic acids is 1. The van der Waals surface area contributed by atoms with Crippen molar-refractivity contribution in [3.8, 4) is 11.4 Å². The van der Waals surface area contributed by atoms with E-state index in [9.17, 15) is 4.79 Å². The standard InChI is InChI=1S/C27H26ClN3O2/c28-24-14-12-23(13-15-24)27-29-25(33-30-27)18-20-31(19-17-22-9-5-2-6-10-22)26(32)16-11-21-7-3-1-4-8-21/h1-10,12-15H,11,16-20H2. The molecule has 0 atom stereocenters. The van der Waals surface area contributed by atoms with Gasteiger partial charge in [0.25, 0.3) is 0 Å². The molecule has 33 heavy (non-hydrogen) atoms. The van der Waals surface area contributed by atoms with Crippen LogP contribution in [0.1, 0.15) is 23.4 Å². The van der Waals surface area contributed by atoms with Gasteiger partial charge in [-0.25, -0.2) is 0 Å². The third-order valence-electron chi connectivity index (χ3n) is 5.50. The van der Waals surface area contributed by atoms with Gasteiger partial charge in [0.2, 0.25) is 17.6 Å². The van der Waals surface area contributed by atoms with Crippen LogP contribution in [0.25, 0.3) is 11.4 Å². The fourth-order valence-corrected chi connectivity index (χ4v) is 3.75. The lowest BCUT2D eigenvalue weighted by Gasteiger charge is -2.22. The van der Waals surface area contributed by atoms with Crippen LogP contribution in [-0.2, 0) is 24.1 Å². The van der Waals surface area contributed by atoms with E-state index < -0.39 is 0 Å². The number of rotatable bonds is 10. The van der Waals surface area contributed by atoms with Crippen LogP contribution >= 0.6 is 11.6 Å². The molecule has 0 saturated carbocycles. The summed E-state index contributed by atoms with van der Waals surface area (Å²) >= 11 is 5.96. The monoisotopic (exact) mass is 459 g/mol. The van der Waals surface area contributed by atoms with Crippen molar-refractivity contribution < 1.29 is 9.32 Å². The van der Waals surface area contributed by atoms with E-state index in [-0.39, 0.29) is 5.91 Å². The Labute approximate surface area is 199 Å². The quantitative estimate of drug-likeness (QED) is 0.308. The molecule has 1 heterocycles. The first-order valence-corrected chi connectivity index (χ1v) is 11.5. The van der Waals surface area contributed by atoms with Crippen molar-refractivity contribution >= 4 is 17.5 Å². The average Bonchev–Trinajstić information content (AvgIpc) is 3.33. The molecule has 0 radical (unpaired) electrons. The maximum absolute atomic E-state index is 13.1. The van der Waals surface area contributed by atoms with Crippen molar-refractivity contribution in [2.45, 2.75) is 25.7 Å². The summed E-state index contributed by atoms with van der Waals surface area (Å²) in [7, 11) is 0. The second-order valence-corrected chi connectivity index (χ2v) is 8.31. The topological polar surface area (TPSA) is 59.2 Å². The number of amides is 1. The third-order valence-corrected chi connectivity index (χ3v) is 5.75. The number of benzene rings is 3. The third kappa shape index (κ3) is 6.77. The van der Waals surface area contributed by atoms with Gasteiger partial charge in [-0.3, -0.25) is 4.79 Å². The highest BCUT2D eigenvalue weighted by atomic mass is 35.5. The fraction of sp³-hybridized carbons (Fsp3) is 0.222. The molecule has 1 aromatic heterocycles. The molecule has 0 aliphatic heterocycles. The van der Waals surface area contributed by atoms with E-state index in [1.807, 2.05) is 53.4 Å². The molecule has 0 aliphatic rings. The molecule has 0 aliphatic carbocycles. The fourth-order valence-electron chi connectivity index (χ4n) is 3.63. The van der Waals surface area contributed by atoms with Gasteiger partial charge in [0, 0.05) is 36.5 Å². The Kier molecular flexibility index (Phi) is 7.88. The predicted molar refractivity (Wildman–Crippen MR) is 130 cm³/mol. The molecule has 4 rings (SSSR count). The summed E-state index contributed by atoms with van der Waals surface area (Å²) < 4.78 is 5.44. The van der Waals surface area contributed by atoms with E-state index in [1.54, 1.807) is 12.1 Å². The highest BCUT2D eigenvalue weighted by Crippen LogP contribution is 2.19. The van der Waals surface area contributed by atoms with Gasteiger partial charge < -0.3 is 9.42 Å². The molecule has 0 N–H and O–H groups in total. The molecule has 0 unspecified atom stereocenters. The Morgan fingerprint density at radius 2 is 1.39 bits per heavy atom. The summed E-state index contributed by atoms with van der Waals surface area (Å²) in [6, 6.07) is 27.6. The first-order chi connectivity index (χ1) is 16.2. The molecular weight excluding hydrogens is 434 g/mol. The van der Waals surface area contributed by atoms with Crippen molar-refractivity contribution in [3.63, 3.8) is 0 Å². The van der Waals surface area contributed by atoms with Crippen LogP contribution in [-0.4, -0.2) is 34.0 Å². The number of nitrogens with zero attached hydrogens (tertiary/aromatic N) is 3. The normalized spacial score (nSPS) is 10.8. The smallest absolute Gasteiger partial charge is 0.228 e. The van der Waals surface area contributed by atoms with Gasteiger partial charge in [-0.1, -0.05) is 77.4 Å². The number of hydrogen-bond donors (Lipinski definition) is 0.